The number of hydrogen-bond donors (Lipinski definition) is 1. The molecular weight excluding hydrogens is 270 g/mol. The van der Waals surface area contributed by atoms with E-state index in [1.165, 1.54) is 0 Å². The van der Waals surface area contributed by atoms with E-state index in [0.717, 1.165) is 23.1 Å². The molecule has 1 rings (SSSR count). The van der Waals surface area contributed by atoms with Gasteiger partial charge in [-0.15, -0.1) is 0 Å². The fraction of sp³-hybridized carbons (Fsp3) is 0.500. The third-order valence-electron chi connectivity index (χ3n) is 1.99. The number of nitrogens with two attached hydrogens (primary N) is 1. The average molecular weight is 288 g/mol. The number of nitrogen functional groups attached to an aromatic ring is 1. The molecule has 0 saturated carbocycles. The lowest BCUT2D eigenvalue weighted by Gasteiger charge is -2.12. The maximum atomic E-state index is 5.85. The average Bonchev–Trinajstić information content (AvgIpc) is 2.26. The molecule has 0 fully saturated rings. The molecule has 0 amide bonds. The monoisotopic (exact) mass is 287 g/mol. The number of halogens is 1. The van der Waals surface area contributed by atoms with Crippen LogP contribution in [0.1, 0.15) is 26.7 Å². The van der Waals surface area contributed by atoms with E-state index in [1.54, 1.807) is 0 Å². The van der Waals surface area contributed by atoms with Crippen LogP contribution in [-0.4, -0.2) is 13.2 Å². The van der Waals surface area contributed by atoms with Crippen LogP contribution in [0.2, 0.25) is 0 Å². The van der Waals surface area contributed by atoms with Crippen LogP contribution < -0.4 is 15.2 Å². The molecule has 0 aliphatic rings. The summed E-state index contributed by atoms with van der Waals surface area (Å²) in [7, 11) is 0. The van der Waals surface area contributed by atoms with Gasteiger partial charge >= 0.3 is 0 Å². The van der Waals surface area contributed by atoms with Crippen molar-refractivity contribution in [3.05, 3.63) is 16.6 Å². The normalized spacial score (nSPS) is 10.2. The maximum absolute atomic E-state index is 5.85. The summed E-state index contributed by atoms with van der Waals surface area (Å²) in [4.78, 5) is 0. The van der Waals surface area contributed by atoms with Gasteiger partial charge < -0.3 is 15.2 Å². The standard InChI is InChI=1S/C12H18BrNO2/c1-3-5-15-11-8-12(16-6-4-2)10(14)7-9(11)13/h7-8H,3-6,14H2,1-2H3. The second-order valence-electron chi connectivity index (χ2n) is 3.52. The summed E-state index contributed by atoms with van der Waals surface area (Å²) in [6, 6.07) is 3.65. The van der Waals surface area contributed by atoms with Gasteiger partial charge in [0.05, 0.1) is 23.4 Å². The topological polar surface area (TPSA) is 44.5 Å². The Bertz CT molecular complexity index is 313. The minimum Gasteiger partial charge on any atom is -0.492 e. The van der Waals surface area contributed by atoms with Crippen LogP contribution in [0.3, 0.4) is 0 Å². The van der Waals surface area contributed by atoms with Crippen molar-refractivity contribution in [2.24, 2.45) is 0 Å². The summed E-state index contributed by atoms with van der Waals surface area (Å²) in [5, 5.41) is 0. The zero-order chi connectivity index (χ0) is 12.0. The Labute approximate surface area is 105 Å². The fourth-order valence-corrected chi connectivity index (χ4v) is 1.69. The SMILES string of the molecule is CCCOc1cc(OCCC)c(Br)cc1N. The molecule has 0 atom stereocenters. The maximum Gasteiger partial charge on any atom is 0.145 e. The van der Waals surface area contributed by atoms with Crippen LogP contribution in [0.15, 0.2) is 16.6 Å². The highest BCUT2D eigenvalue weighted by atomic mass is 79.9. The molecule has 0 radical (unpaired) electrons. The zero-order valence-electron chi connectivity index (χ0n) is 9.75. The van der Waals surface area contributed by atoms with Crippen molar-refractivity contribution in [3.8, 4) is 11.5 Å². The Hall–Kier alpha value is -0.900. The third-order valence-corrected chi connectivity index (χ3v) is 2.61. The molecule has 16 heavy (non-hydrogen) atoms. The molecule has 0 aliphatic heterocycles. The van der Waals surface area contributed by atoms with E-state index in [1.807, 2.05) is 12.1 Å². The second-order valence-corrected chi connectivity index (χ2v) is 4.37. The molecule has 4 heteroatoms. The van der Waals surface area contributed by atoms with Gasteiger partial charge in [-0.05, 0) is 34.8 Å². The van der Waals surface area contributed by atoms with Crippen molar-refractivity contribution in [2.75, 3.05) is 18.9 Å². The summed E-state index contributed by atoms with van der Waals surface area (Å²) in [5.41, 5.74) is 6.48. The van der Waals surface area contributed by atoms with E-state index >= 15 is 0 Å². The molecule has 0 saturated heterocycles. The van der Waals surface area contributed by atoms with E-state index in [0.29, 0.717) is 24.7 Å². The molecule has 90 valence electrons. The highest BCUT2D eigenvalue weighted by Crippen LogP contribution is 2.34. The molecule has 0 heterocycles. The number of hydrogen-bond acceptors (Lipinski definition) is 3. The van der Waals surface area contributed by atoms with Crippen molar-refractivity contribution in [2.45, 2.75) is 26.7 Å². The van der Waals surface area contributed by atoms with Gasteiger partial charge in [-0.3, -0.25) is 0 Å². The van der Waals surface area contributed by atoms with Gasteiger partial charge in [0.2, 0.25) is 0 Å². The van der Waals surface area contributed by atoms with Gasteiger partial charge in [-0.2, -0.15) is 0 Å². The molecule has 1 aromatic carbocycles. The van der Waals surface area contributed by atoms with Crippen LogP contribution in [0.4, 0.5) is 5.69 Å². The van der Waals surface area contributed by atoms with Gasteiger partial charge in [0, 0.05) is 6.07 Å². The van der Waals surface area contributed by atoms with Crippen molar-refractivity contribution >= 4 is 21.6 Å². The van der Waals surface area contributed by atoms with Crippen LogP contribution >= 0.6 is 15.9 Å². The Morgan fingerprint density at radius 3 is 2.19 bits per heavy atom. The van der Waals surface area contributed by atoms with Crippen molar-refractivity contribution in [1.82, 2.24) is 0 Å². The minimum atomic E-state index is 0.629. The second kappa shape index (κ2) is 6.63. The first-order valence-corrected chi connectivity index (χ1v) is 6.33. The number of anilines is 1. The molecule has 0 aromatic heterocycles. The molecule has 3 nitrogen and oxygen atoms in total. The van der Waals surface area contributed by atoms with Crippen LogP contribution in [-0.2, 0) is 0 Å². The van der Waals surface area contributed by atoms with E-state index in [9.17, 15) is 0 Å². The lowest BCUT2D eigenvalue weighted by molar-refractivity contribution is 0.301. The Morgan fingerprint density at radius 1 is 1.06 bits per heavy atom. The lowest BCUT2D eigenvalue weighted by atomic mass is 10.3. The molecule has 0 spiro atoms. The number of rotatable bonds is 6. The van der Waals surface area contributed by atoms with E-state index in [-0.39, 0.29) is 0 Å². The number of ether oxygens (including phenoxy) is 2. The first-order valence-electron chi connectivity index (χ1n) is 5.53. The van der Waals surface area contributed by atoms with Crippen molar-refractivity contribution in [1.29, 1.82) is 0 Å². The van der Waals surface area contributed by atoms with Gasteiger partial charge in [0.25, 0.3) is 0 Å². The molecule has 2 N–H and O–H groups in total. The summed E-state index contributed by atoms with van der Waals surface area (Å²) in [6.07, 6.45) is 1.93. The molecule has 0 bridgehead atoms. The quantitative estimate of drug-likeness (QED) is 0.813. The molecule has 0 unspecified atom stereocenters. The zero-order valence-corrected chi connectivity index (χ0v) is 11.3. The fourth-order valence-electron chi connectivity index (χ4n) is 1.21. The Morgan fingerprint density at radius 2 is 1.62 bits per heavy atom. The minimum absolute atomic E-state index is 0.629. The van der Waals surface area contributed by atoms with Crippen LogP contribution in [0.5, 0.6) is 11.5 Å². The van der Waals surface area contributed by atoms with Gasteiger partial charge in [-0.25, -0.2) is 0 Å². The lowest BCUT2D eigenvalue weighted by Crippen LogP contribution is -2.01. The predicted molar refractivity (Wildman–Crippen MR) is 70.1 cm³/mol. The Balaban J connectivity index is 2.83. The highest BCUT2D eigenvalue weighted by molar-refractivity contribution is 9.10. The first-order chi connectivity index (χ1) is 7.69. The van der Waals surface area contributed by atoms with Crippen LogP contribution in [0, 0.1) is 0 Å². The molecule has 1 aromatic rings. The van der Waals surface area contributed by atoms with Gasteiger partial charge in [0.15, 0.2) is 0 Å². The smallest absolute Gasteiger partial charge is 0.145 e. The largest absolute Gasteiger partial charge is 0.492 e. The van der Waals surface area contributed by atoms with E-state index in [2.05, 4.69) is 29.8 Å². The molecular formula is C12H18BrNO2. The summed E-state index contributed by atoms with van der Waals surface area (Å²) >= 11 is 3.42. The summed E-state index contributed by atoms with van der Waals surface area (Å²) < 4.78 is 12.0. The van der Waals surface area contributed by atoms with Crippen LogP contribution in [0.25, 0.3) is 0 Å². The third kappa shape index (κ3) is 3.59. The predicted octanol–water partition coefficient (Wildman–Crippen LogP) is 3.61. The first kappa shape index (κ1) is 13.2. The van der Waals surface area contributed by atoms with E-state index in [4.69, 9.17) is 15.2 Å². The summed E-state index contributed by atoms with van der Waals surface area (Å²) in [6.45, 7) is 5.48. The summed E-state index contributed by atoms with van der Waals surface area (Å²) in [5.74, 6) is 1.47. The van der Waals surface area contributed by atoms with Gasteiger partial charge in [0.1, 0.15) is 11.5 Å². The van der Waals surface area contributed by atoms with Crippen molar-refractivity contribution < 1.29 is 9.47 Å². The highest BCUT2D eigenvalue weighted by Gasteiger charge is 2.08. The molecule has 0 aliphatic carbocycles. The van der Waals surface area contributed by atoms with E-state index < -0.39 is 0 Å². The van der Waals surface area contributed by atoms with Gasteiger partial charge in [-0.1, -0.05) is 13.8 Å². The number of benzene rings is 1. The Kier molecular flexibility index (Phi) is 5.46. The van der Waals surface area contributed by atoms with Crippen molar-refractivity contribution in [3.63, 3.8) is 0 Å².